The molecule has 0 saturated carbocycles. The molecule has 1 unspecified atom stereocenters. The second-order valence-electron chi connectivity index (χ2n) is 2.40. The van der Waals surface area contributed by atoms with Crippen LogP contribution < -0.4 is 0 Å². The predicted molar refractivity (Wildman–Crippen MR) is 57.9 cm³/mol. The van der Waals surface area contributed by atoms with E-state index in [2.05, 4.69) is 17.4 Å². The first-order valence-electron chi connectivity index (χ1n) is 3.63. The molecule has 13 heavy (non-hydrogen) atoms. The number of esters is 1. The maximum atomic E-state index is 11.2. The highest BCUT2D eigenvalue weighted by Gasteiger charge is 2.21. The minimum Gasteiger partial charge on any atom is -0.469 e. The summed E-state index contributed by atoms with van der Waals surface area (Å²) in [5.74, 6) is -0.136. The van der Waals surface area contributed by atoms with Gasteiger partial charge in [-0.25, -0.2) is 0 Å². The SMILES string of the molecule is COC(=O)C(CS)c1ccc(Cl)s1. The third-order valence-electron chi connectivity index (χ3n) is 1.61. The molecule has 0 fully saturated rings. The van der Waals surface area contributed by atoms with Crippen molar-refractivity contribution in [3.8, 4) is 0 Å². The Labute approximate surface area is 91.3 Å². The summed E-state index contributed by atoms with van der Waals surface area (Å²) in [6.45, 7) is 0. The maximum Gasteiger partial charge on any atom is 0.314 e. The fourth-order valence-corrected chi connectivity index (χ4v) is 2.56. The summed E-state index contributed by atoms with van der Waals surface area (Å²) < 4.78 is 5.31. The number of hydrogen-bond donors (Lipinski definition) is 1. The summed E-state index contributed by atoms with van der Waals surface area (Å²) in [6.07, 6.45) is 0. The smallest absolute Gasteiger partial charge is 0.314 e. The molecule has 0 bridgehead atoms. The van der Waals surface area contributed by atoms with Crippen LogP contribution >= 0.6 is 35.6 Å². The lowest BCUT2D eigenvalue weighted by Crippen LogP contribution is -2.14. The Balaban J connectivity index is 2.84. The Morgan fingerprint density at radius 3 is 2.85 bits per heavy atom. The lowest BCUT2D eigenvalue weighted by molar-refractivity contribution is -0.141. The van der Waals surface area contributed by atoms with E-state index in [4.69, 9.17) is 11.6 Å². The van der Waals surface area contributed by atoms with Crippen molar-refractivity contribution in [1.82, 2.24) is 0 Å². The number of ether oxygens (including phenoxy) is 1. The third-order valence-corrected chi connectivity index (χ3v) is 3.32. The molecule has 0 spiro atoms. The maximum absolute atomic E-state index is 11.2. The quantitative estimate of drug-likeness (QED) is 0.645. The van der Waals surface area contributed by atoms with Crippen molar-refractivity contribution in [1.29, 1.82) is 0 Å². The van der Waals surface area contributed by atoms with Gasteiger partial charge in [0.05, 0.1) is 17.4 Å². The van der Waals surface area contributed by atoms with E-state index >= 15 is 0 Å². The number of hydrogen-bond acceptors (Lipinski definition) is 4. The van der Waals surface area contributed by atoms with Crippen LogP contribution in [0.5, 0.6) is 0 Å². The number of thiophene rings is 1. The molecule has 0 saturated heterocycles. The molecular weight excluding hydrogens is 228 g/mol. The minimum absolute atomic E-state index is 0.270. The van der Waals surface area contributed by atoms with Crippen LogP contribution in [-0.4, -0.2) is 18.8 Å². The lowest BCUT2D eigenvalue weighted by Gasteiger charge is -2.08. The molecule has 0 aliphatic heterocycles. The summed E-state index contributed by atoms with van der Waals surface area (Å²) in [6, 6.07) is 3.59. The molecule has 2 nitrogen and oxygen atoms in total. The largest absolute Gasteiger partial charge is 0.469 e. The number of carbonyl (C=O) groups is 1. The first-order valence-corrected chi connectivity index (χ1v) is 5.45. The summed E-state index contributed by atoms with van der Waals surface area (Å²) >= 11 is 11.2. The Kier molecular flexibility index (Phi) is 4.09. The molecule has 0 aromatic carbocycles. The predicted octanol–water partition coefficient (Wildman–Crippen LogP) is 2.59. The Morgan fingerprint density at radius 2 is 2.46 bits per heavy atom. The highest BCUT2D eigenvalue weighted by molar-refractivity contribution is 7.80. The monoisotopic (exact) mass is 236 g/mol. The van der Waals surface area contributed by atoms with E-state index in [0.717, 1.165) is 4.88 Å². The first kappa shape index (κ1) is 10.9. The molecule has 5 heteroatoms. The fraction of sp³-hybridized carbons (Fsp3) is 0.375. The van der Waals surface area contributed by atoms with Crippen molar-refractivity contribution in [3.63, 3.8) is 0 Å². The number of halogens is 1. The van der Waals surface area contributed by atoms with Crippen LogP contribution in [0.15, 0.2) is 12.1 Å². The molecule has 0 radical (unpaired) electrons. The van der Waals surface area contributed by atoms with Gasteiger partial charge in [0.2, 0.25) is 0 Å². The van der Waals surface area contributed by atoms with Crippen LogP contribution in [0, 0.1) is 0 Å². The first-order chi connectivity index (χ1) is 6.19. The van der Waals surface area contributed by atoms with E-state index in [1.165, 1.54) is 18.4 Å². The van der Waals surface area contributed by atoms with Gasteiger partial charge in [0, 0.05) is 10.6 Å². The molecule has 0 N–H and O–H groups in total. The minimum atomic E-state index is -0.300. The van der Waals surface area contributed by atoms with E-state index in [0.29, 0.717) is 10.1 Å². The van der Waals surface area contributed by atoms with Crippen LogP contribution in [-0.2, 0) is 9.53 Å². The van der Waals surface area contributed by atoms with Crippen LogP contribution in [0.2, 0.25) is 4.34 Å². The van der Waals surface area contributed by atoms with Crippen LogP contribution in [0.1, 0.15) is 10.8 Å². The van der Waals surface area contributed by atoms with Crippen molar-refractivity contribution in [2.75, 3.05) is 12.9 Å². The van der Waals surface area contributed by atoms with E-state index < -0.39 is 0 Å². The van der Waals surface area contributed by atoms with Gasteiger partial charge in [0.1, 0.15) is 0 Å². The van der Waals surface area contributed by atoms with Crippen molar-refractivity contribution in [2.45, 2.75) is 5.92 Å². The average Bonchev–Trinajstić information content (AvgIpc) is 2.53. The Morgan fingerprint density at radius 1 is 1.77 bits per heavy atom. The molecule has 0 amide bonds. The number of rotatable bonds is 3. The van der Waals surface area contributed by atoms with Gasteiger partial charge in [0.15, 0.2) is 0 Å². The number of methoxy groups -OCH3 is 1. The normalized spacial score (nSPS) is 12.5. The summed E-state index contributed by atoms with van der Waals surface area (Å²) in [4.78, 5) is 12.1. The van der Waals surface area contributed by atoms with Crippen molar-refractivity contribution in [2.24, 2.45) is 0 Å². The summed E-state index contributed by atoms with van der Waals surface area (Å²) in [7, 11) is 1.37. The number of carbonyl (C=O) groups excluding carboxylic acids is 1. The molecule has 0 aliphatic rings. The summed E-state index contributed by atoms with van der Waals surface area (Å²) in [5.41, 5.74) is 0. The van der Waals surface area contributed by atoms with E-state index in [-0.39, 0.29) is 11.9 Å². The third kappa shape index (κ3) is 2.62. The number of thiol groups is 1. The van der Waals surface area contributed by atoms with Crippen LogP contribution in [0.25, 0.3) is 0 Å². The molecule has 1 aromatic heterocycles. The van der Waals surface area contributed by atoms with Crippen LogP contribution in [0.4, 0.5) is 0 Å². The van der Waals surface area contributed by atoms with Crippen molar-refractivity contribution < 1.29 is 9.53 Å². The molecule has 1 atom stereocenters. The molecule has 72 valence electrons. The van der Waals surface area contributed by atoms with Gasteiger partial charge in [-0.15, -0.1) is 11.3 Å². The highest BCUT2D eigenvalue weighted by atomic mass is 35.5. The van der Waals surface area contributed by atoms with Gasteiger partial charge < -0.3 is 4.74 Å². The van der Waals surface area contributed by atoms with Gasteiger partial charge in [0.25, 0.3) is 0 Å². The van der Waals surface area contributed by atoms with Gasteiger partial charge in [-0.05, 0) is 12.1 Å². The molecule has 1 rings (SSSR count). The van der Waals surface area contributed by atoms with Crippen molar-refractivity contribution >= 4 is 41.5 Å². The lowest BCUT2D eigenvalue weighted by atomic mass is 10.1. The van der Waals surface area contributed by atoms with Gasteiger partial charge in [-0.2, -0.15) is 12.6 Å². The zero-order chi connectivity index (χ0) is 9.84. The standard InChI is InChI=1S/C8H9ClO2S2/c1-11-8(10)5(4-12)6-2-3-7(9)13-6/h2-3,5,12H,4H2,1H3. The van der Waals surface area contributed by atoms with Gasteiger partial charge in [-0.1, -0.05) is 11.6 Å². The van der Waals surface area contributed by atoms with Gasteiger partial charge >= 0.3 is 5.97 Å². The fourth-order valence-electron chi connectivity index (χ4n) is 0.938. The zero-order valence-electron chi connectivity index (χ0n) is 6.99. The van der Waals surface area contributed by atoms with E-state index in [1.807, 2.05) is 6.07 Å². The topological polar surface area (TPSA) is 26.3 Å². The van der Waals surface area contributed by atoms with E-state index in [9.17, 15) is 4.79 Å². The molecule has 1 heterocycles. The molecule has 1 aromatic rings. The summed E-state index contributed by atoms with van der Waals surface area (Å²) in [5, 5.41) is 0. The average molecular weight is 237 g/mol. The van der Waals surface area contributed by atoms with E-state index in [1.54, 1.807) is 6.07 Å². The Bertz CT molecular complexity index is 298. The molecule has 0 aliphatic carbocycles. The molecular formula is C8H9ClO2S2. The van der Waals surface area contributed by atoms with Crippen molar-refractivity contribution in [3.05, 3.63) is 21.3 Å². The van der Waals surface area contributed by atoms with Gasteiger partial charge in [-0.3, -0.25) is 4.79 Å². The van der Waals surface area contributed by atoms with Crippen LogP contribution in [0.3, 0.4) is 0 Å². The second kappa shape index (κ2) is 4.88. The second-order valence-corrected chi connectivity index (χ2v) is 4.51. The zero-order valence-corrected chi connectivity index (χ0v) is 9.46. The highest BCUT2D eigenvalue weighted by Crippen LogP contribution is 2.29. The Hall–Kier alpha value is -0.190.